The molecular weight excluding hydrogens is 434 g/mol. The number of aromatic nitrogens is 2. The largest absolute Gasteiger partial charge is 0.458 e. The van der Waals surface area contributed by atoms with Crippen molar-refractivity contribution >= 4 is 30.1 Å². The van der Waals surface area contributed by atoms with E-state index < -0.39 is 31.3 Å². The lowest BCUT2D eigenvalue weighted by molar-refractivity contribution is -0.172. The molecule has 6 nitrogen and oxygen atoms in total. The summed E-state index contributed by atoms with van der Waals surface area (Å²) in [6.45, 7) is 7.94. The molecule has 2 aliphatic heterocycles. The molecule has 166 valence electrons. The molecule has 4 heterocycles. The van der Waals surface area contributed by atoms with Crippen LogP contribution in [0.5, 0.6) is 0 Å². The number of carbonyl (C=O) groups excluding carboxylic acids is 1. The molecule has 2 aliphatic rings. The van der Waals surface area contributed by atoms with Gasteiger partial charge in [-0.25, -0.2) is 18.6 Å². The highest BCUT2D eigenvalue weighted by molar-refractivity contribution is 6.90. The van der Waals surface area contributed by atoms with Crippen molar-refractivity contribution in [2.24, 2.45) is 0 Å². The van der Waals surface area contributed by atoms with Gasteiger partial charge in [0.15, 0.2) is 17.2 Å². The summed E-state index contributed by atoms with van der Waals surface area (Å²) in [5, 5.41) is 12.5. The first-order chi connectivity index (χ1) is 15.0. The number of ether oxygens (including phenoxy) is 1. The van der Waals surface area contributed by atoms with E-state index in [4.69, 9.17) is 4.74 Å². The van der Waals surface area contributed by atoms with Crippen molar-refractivity contribution in [3.8, 4) is 11.4 Å². The van der Waals surface area contributed by atoms with Crippen LogP contribution >= 0.6 is 0 Å². The quantitative estimate of drug-likeness (QED) is 0.371. The summed E-state index contributed by atoms with van der Waals surface area (Å²) in [5.74, 6) is -2.83. The zero-order valence-electron chi connectivity index (χ0n) is 18.2. The van der Waals surface area contributed by atoms with E-state index in [-0.39, 0.29) is 41.8 Å². The number of halogens is 2. The molecule has 0 radical (unpaired) electrons. The van der Waals surface area contributed by atoms with Crippen molar-refractivity contribution in [1.82, 2.24) is 9.55 Å². The van der Waals surface area contributed by atoms with Crippen molar-refractivity contribution in [3.63, 3.8) is 0 Å². The number of rotatable bonds is 2. The van der Waals surface area contributed by atoms with Gasteiger partial charge in [0, 0.05) is 10.9 Å². The van der Waals surface area contributed by atoms with E-state index in [1.807, 2.05) is 0 Å². The molecule has 32 heavy (non-hydrogen) atoms. The average Bonchev–Trinajstić information content (AvgIpc) is 3.10. The van der Waals surface area contributed by atoms with E-state index >= 15 is 0 Å². The predicted octanol–water partition coefficient (Wildman–Crippen LogP) is 2.90. The molecule has 9 heteroatoms. The second-order valence-electron chi connectivity index (χ2n) is 9.42. The van der Waals surface area contributed by atoms with Gasteiger partial charge in [0.25, 0.3) is 5.56 Å². The number of fused-ring (bicyclic) bond motifs is 5. The van der Waals surface area contributed by atoms with Crippen LogP contribution in [0.15, 0.2) is 23.0 Å². The van der Waals surface area contributed by atoms with Gasteiger partial charge >= 0.3 is 5.97 Å². The van der Waals surface area contributed by atoms with E-state index in [1.54, 1.807) is 19.1 Å². The Morgan fingerprint density at radius 2 is 1.94 bits per heavy atom. The molecule has 0 fully saturated rings. The van der Waals surface area contributed by atoms with Crippen molar-refractivity contribution in [1.29, 1.82) is 0 Å². The third-order valence-corrected chi connectivity index (χ3v) is 8.57. The van der Waals surface area contributed by atoms with Crippen LogP contribution in [0, 0.1) is 11.6 Å². The topological polar surface area (TPSA) is 81.4 Å². The van der Waals surface area contributed by atoms with Gasteiger partial charge in [0.1, 0.15) is 12.1 Å². The lowest BCUT2D eigenvalue weighted by Crippen LogP contribution is -2.44. The van der Waals surface area contributed by atoms with Crippen molar-refractivity contribution in [2.45, 2.75) is 51.7 Å². The number of hydrogen-bond acceptors (Lipinski definition) is 5. The van der Waals surface area contributed by atoms with Gasteiger partial charge in [-0.1, -0.05) is 26.6 Å². The molecule has 5 rings (SSSR count). The van der Waals surface area contributed by atoms with Gasteiger partial charge in [0.2, 0.25) is 0 Å². The van der Waals surface area contributed by atoms with E-state index in [0.29, 0.717) is 16.8 Å². The Balaban J connectivity index is 1.90. The van der Waals surface area contributed by atoms with Crippen molar-refractivity contribution < 1.29 is 23.4 Å². The van der Waals surface area contributed by atoms with Crippen LogP contribution in [0.25, 0.3) is 22.3 Å². The van der Waals surface area contributed by atoms with Crippen LogP contribution in [-0.4, -0.2) is 28.7 Å². The van der Waals surface area contributed by atoms with E-state index in [9.17, 15) is 23.5 Å². The highest BCUT2D eigenvalue weighted by atomic mass is 28.3. The first-order valence-electron chi connectivity index (χ1n) is 10.5. The molecule has 0 unspecified atom stereocenters. The summed E-state index contributed by atoms with van der Waals surface area (Å²) >= 11 is 0. The first-order valence-corrected chi connectivity index (χ1v) is 14.0. The van der Waals surface area contributed by atoms with Gasteiger partial charge in [-0.05, 0) is 35.4 Å². The first kappa shape index (κ1) is 21.0. The Labute approximate surface area is 183 Å². The molecule has 1 aromatic carbocycles. The number of benzene rings is 1. The van der Waals surface area contributed by atoms with Crippen LogP contribution in [0.2, 0.25) is 19.6 Å². The van der Waals surface area contributed by atoms with Gasteiger partial charge in [-0.2, -0.15) is 0 Å². The monoisotopic (exact) mass is 456 g/mol. The molecule has 0 bridgehead atoms. The molecule has 0 saturated heterocycles. The number of nitrogens with zero attached hydrogens (tertiary/aromatic N) is 2. The Morgan fingerprint density at radius 3 is 2.59 bits per heavy atom. The predicted molar refractivity (Wildman–Crippen MR) is 117 cm³/mol. The zero-order chi connectivity index (χ0) is 23.2. The lowest BCUT2D eigenvalue weighted by atomic mass is 9.86. The SMILES string of the molecule is CC[C@]1(O)C(=O)OCc2c1cc1n(c2=O)Cc2c-1nc1c(F)c(F)ccc1c2[Si](C)(C)C. The normalized spacial score (nSPS) is 19.5. The summed E-state index contributed by atoms with van der Waals surface area (Å²) in [5.41, 5.74) is -0.419. The van der Waals surface area contributed by atoms with E-state index in [1.165, 1.54) is 4.57 Å². The summed E-state index contributed by atoms with van der Waals surface area (Å²) in [6, 6.07) is 4.23. The average molecular weight is 457 g/mol. The summed E-state index contributed by atoms with van der Waals surface area (Å²) < 4.78 is 35.5. The van der Waals surface area contributed by atoms with Crippen molar-refractivity contribution in [2.75, 3.05) is 0 Å². The van der Waals surface area contributed by atoms with Crippen LogP contribution in [0.4, 0.5) is 8.78 Å². The molecule has 0 aliphatic carbocycles. The minimum absolute atomic E-state index is 0.0275. The molecule has 1 atom stereocenters. The smallest absolute Gasteiger partial charge is 0.343 e. The second kappa shape index (κ2) is 6.55. The maximum absolute atomic E-state index is 14.8. The fourth-order valence-electron chi connectivity index (χ4n) is 4.94. The third-order valence-electron chi connectivity index (χ3n) is 6.50. The van der Waals surface area contributed by atoms with Crippen LogP contribution < -0.4 is 10.7 Å². The second-order valence-corrected chi connectivity index (χ2v) is 14.4. The van der Waals surface area contributed by atoms with Crippen LogP contribution in [0.3, 0.4) is 0 Å². The van der Waals surface area contributed by atoms with Gasteiger partial charge in [0.05, 0.1) is 31.6 Å². The van der Waals surface area contributed by atoms with Crippen molar-refractivity contribution in [3.05, 3.63) is 56.9 Å². The fourth-order valence-corrected chi connectivity index (χ4v) is 7.06. The Hall–Kier alpha value is -2.91. The Bertz CT molecular complexity index is 1410. The Kier molecular flexibility index (Phi) is 4.29. The van der Waals surface area contributed by atoms with Crippen LogP contribution in [-0.2, 0) is 28.3 Å². The summed E-state index contributed by atoms with van der Waals surface area (Å²) in [4.78, 5) is 30.2. The number of cyclic esters (lactones) is 1. The summed E-state index contributed by atoms with van der Waals surface area (Å²) in [6.07, 6.45) is 0.0275. The van der Waals surface area contributed by atoms with Gasteiger partial charge < -0.3 is 14.4 Å². The minimum atomic E-state index is -2.10. The highest BCUT2D eigenvalue weighted by Gasteiger charge is 2.45. The number of esters is 1. The minimum Gasteiger partial charge on any atom is -0.458 e. The molecule has 0 saturated carbocycles. The van der Waals surface area contributed by atoms with E-state index in [0.717, 1.165) is 16.8 Å². The summed E-state index contributed by atoms with van der Waals surface area (Å²) in [7, 11) is -2.10. The molecule has 2 aromatic heterocycles. The molecular formula is C23H22F2N2O4Si. The molecule has 3 aromatic rings. The molecule has 1 N–H and O–H groups in total. The zero-order valence-corrected chi connectivity index (χ0v) is 19.2. The van der Waals surface area contributed by atoms with Gasteiger partial charge in [-0.3, -0.25) is 4.79 Å². The van der Waals surface area contributed by atoms with Crippen LogP contribution in [0.1, 0.15) is 30.0 Å². The maximum Gasteiger partial charge on any atom is 0.343 e. The third kappa shape index (κ3) is 2.61. The van der Waals surface area contributed by atoms with Gasteiger partial charge in [-0.15, -0.1) is 0 Å². The number of carbonyl (C=O) groups is 1. The number of pyridine rings is 2. The van der Waals surface area contributed by atoms with E-state index in [2.05, 4.69) is 24.6 Å². The lowest BCUT2D eigenvalue weighted by Gasteiger charge is -2.31. The maximum atomic E-state index is 14.8. The fraction of sp³-hybridized carbons (Fsp3) is 0.348. The standard InChI is InChI=1S/C23H22F2N2O4Si/c1-5-23(30)14-8-16-18-12(9-27(16)21(28)13(14)10-31-22(23)29)20(32(2,3)4)11-6-7-15(24)17(25)19(11)26-18/h6-8,30H,5,9-10H2,1-4H3/t23-/m1/s1. The molecule has 0 amide bonds. The number of hydrogen-bond donors (Lipinski definition) is 1. The number of aliphatic hydroxyl groups is 1. The Morgan fingerprint density at radius 1 is 1.22 bits per heavy atom. The molecule has 0 spiro atoms. The highest BCUT2D eigenvalue weighted by Crippen LogP contribution is 2.39.